The van der Waals surface area contributed by atoms with E-state index in [4.69, 9.17) is 4.74 Å². The molecule has 1 fully saturated rings. The molecule has 0 spiro atoms. The Bertz CT molecular complexity index is 244. The van der Waals surface area contributed by atoms with E-state index in [0.29, 0.717) is 13.1 Å². The maximum Gasteiger partial charge on any atom is 0.211 e. The van der Waals surface area contributed by atoms with Gasteiger partial charge < -0.3 is 4.74 Å². The second-order valence-corrected chi connectivity index (χ2v) is 5.33. The highest BCUT2D eigenvalue weighted by atomic mass is 32.2. The van der Waals surface area contributed by atoms with E-state index in [1.54, 1.807) is 0 Å². The minimum atomic E-state index is -3.05. The van der Waals surface area contributed by atoms with E-state index < -0.39 is 10.0 Å². The molecule has 0 aromatic rings. The molecule has 1 atom stereocenters. The average molecular weight is 207 g/mol. The monoisotopic (exact) mass is 207 g/mol. The van der Waals surface area contributed by atoms with Crippen LogP contribution in [0.3, 0.4) is 0 Å². The van der Waals surface area contributed by atoms with Gasteiger partial charge in [0.25, 0.3) is 0 Å². The molecule has 5 heteroatoms. The lowest BCUT2D eigenvalue weighted by Gasteiger charge is -2.21. The molecule has 0 aliphatic carbocycles. The van der Waals surface area contributed by atoms with Gasteiger partial charge in [0, 0.05) is 19.7 Å². The molecule has 1 saturated heterocycles. The second-order valence-electron chi connectivity index (χ2n) is 3.35. The lowest BCUT2D eigenvalue weighted by molar-refractivity contribution is 0.0948. The molecule has 4 nitrogen and oxygen atoms in total. The average Bonchev–Trinajstić information content (AvgIpc) is 2.49. The molecule has 1 unspecified atom stereocenters. The predicted molar refractivity (Wildman–Crippen MR) is 51.1 cm³/mol. The van der Waals surface area contributed by atoms with Crippen LogP contribution in [0.1, 0.15) is 19.8 Å². The first kappa shape index (κ1) is 10.9. The number of sulfonamides is 1. The summed E-state index contributed by atoms with van der Waals surface area (Å²) in [5, 5.41) is 0. The maximum atomic E-state index is 11.2. The van der Waals surface area contributed by atoms with E-state index in [1.807, 2.05) is 6.92 Å². The van der Waals surface area contributed by atoms with Crippen molar-refractivity contribution in [2.45, 2.75) is 25.9 Å². The number of ether oxygens (including phenoxy) is 1. The summed E-state index contributed by atoms with van der Waals surface area (Å²) in [6, 6.07) is 0. The van der Waals surface area contributed by atoms with Crippen LogP contribution < -0.4 is 0 Å². The number of nitrogens with zero attached hydrogens (tertiary/aromatic N) is 1. The molecule has 1 aliphatic heterocycles. The molecule has 1 heterocycles. The Labute approximate surface area is 79.9 Å². The summed E-state index contributed by atoms with van der Waals surface area (Å²) in [4.78, 5) is 0. The van der Waals surface area contributed by atoms with Crippen molar-refractivity contribution in [2.24, 2.45) is 0 Å². The Balaban J connectivity index is 2.48. The first-order valence-electron chi connectivity index (χ1n) is 4.60. The summed E-state index contributed by atoms with van der Waals surface area (Å²) in [7, 11) is -3.05. The summed E-state index contributed by atoms with van der Waals surface area (Å²) in [5.74, 6) is 0. The Hall–Kier alpha value is -0.130. The fourth-order valence-electron chi connectivity index (χ4n) is 1.51. The van der Waals surface area contributed by atoms with Crippen LogP contribution in [0, 0.1) is 0 Å². The molecule has 1 aliphatic rings. The number of likely N-dealkylation sites (N-methyl/N-ethyl adjacent to an activating group) is 1. The smallest absolute Gasteiger partial charge is 0.211 e. The number of hydrogen-bond donors (Lipinski definition) is 0. The molecule has 13 heavy (non-hydrogen) atoms. The van der Waals surface area contributed by atoms with Crippen LogP contribution in [0.25, 0.3) is 0 Å². The third kappa shape index (κ3) is 3.25. The lowest BCUT2D eigenvalue weighted by Crippen LogP contribution is -2.36. The maximum absolute atomic E-state index is 11.2. The zero-order chi connectivity index (χ0) is 9.90. The molecule has 0 N–H and O–H groups in total. The van der Waals surface area contributed by atoms with Gasteiger partial charge in [0.2, 0.25) is 10.0 Å². The predicted octanol–water partition coefficient (Wildman–Crippen LogP) is 0.447. The highest BCUT2D eigenvalue weighted by molar-refractivity contribution is 7.88. The van der Waals surface area contributed by atoms with Crippen LogP contribution in [-0.4, -0.2) is 44.8 Å². The van der Waals surface area contributed by atoms with Gasteiger partial charge in [-0.1, -0.05) is 6.92 Å². The van der Waals surface area contributed by atoms with Crippen LogP contribution in [0.4, 0.5) is 0 Å². The molecule has 0 saturated carbocycles. The number of rotatable bonds is 4. The van der Waals surface area contributed by atoms with Crippen molar-refractivity contribution in [3.63, 3.8) is 0 Å². The summed E-state index contributed by atoms with van der Waals surface area (Å²) >= 11 is 0. The van der Waals surface area contributed by atoms with E-state index in [9.17, 15) is 8.42 Å². The zero-order valence-corrected chi connectivity index (χ0v) is 9.01. The van der Waals surface area contributed by atoms with Gasteiger partial charge in [-0.15, -0.1) is 0 Å². The minimum Gasteiger partial charge on any atom is -0.377 e. The third-order valence-electron chi connectivity index (χ3n) is 2.25. The van der Waals surface area contributed by atoms with Gasteiger partial charge in [-0.25, -0.2) is 8.42 Å². The van der Waals surface area contributed by atoms with Crippen molar-refractivity contribution >= 4 is 10.0 Å². The SMILES string of the molecule is CCN(CC1CCCO1)S(C)(=O)=O. The fourth-order valence-corrected chi connectivity index (χ4v) is 2.42. The Kier molecular flexibility index (Phi) is 3.70. The van der Waals surface area contributed by atoms with Crippen molar-refractivity contribution in [1.82, 2.24) is 4.31 Å². The molecular formula is C8H17NO3S. The molecule has 78 valence electrons. The van der Waals surface area contributed by atoms with Crippen molar-refractivity contribution in [2.75, 3.05) is 26.0 Å². The normalized spacial score (nSPS) is 24.1. The molecule has 0 radical (unpaired) electrons. The van der Waals surface area contributed by atoms with Crippen molar-refractivity contribution in [1.29, 1.82) is 0 Å². The molecule has 0 amide bonds. The number of hydrogen-bond acceptors (Lipinski definition) is 3. The first-order chi connectivity index (χ1) is 6.04. The Morgan fingerprint density at radius 3 is 2.62 bits per heavy atom. The van der Waals surface area contributed by atoms with Crippen molar-refractivity contribution in [3.8, 4) is 0 Å². The molecule has 1 rings (SSSR count). The molecule has 0 aromatic carbocycles. The topological polar surface area (TPSA) is 46.6 Å². The van der Waals surface area contributed by atoms with Gasteiger partial charge in [-0.2, -0.15) is 4.31 Å². The summed E-state index contributed by atoms with van der Waals surface area (Å²) < 4.78 is 29.3. The molecule has 0 bridgehead atoms. The summed E-state index contributed by atoms with van der Waals surface area (Å²) in [6.45, 7) is 3.65. The summed E-state index contributed by atoms with van der Waals surface area (Å²) in [5.41, 5.74) is 0. The summed E-state index contributed by atoms with van der Waals surface area (Å²) in [6.07, 6.45) is 3.37. The second kappa shape index (κ2) is 4.39. The lowest BCUT2D eigenvalue weighted by atomic mass is 10.2. The van der Waals surface area contributed by atoms with Gasteiger partial charge in [0.1, 0.15) is 0 Å². The molecular weight excluding hydrogens is 190 g/mol. The Morgan fingerprint density at radius 1 is 1.54 bits per heavy atom. The highest BCUT2D eigenvalue weighted by Crippen LogP contribution is 2.14. The quantitative estimate of drug-likeness (QED) is 0.672. The van der Waals surface area contributed by atoms with Gasteiger partial charge >= 0.3 is 0 Å². The van der Waals surface area contributed by atoms with Crippen molar-refractivity contribution in [3.05, 3.63) is 0 Å². The minimum absolute atomic E-state index is 0.106. The van der Waals surface area contributed by atoms with E-state index in [-0.39, 0.29) is 6.10 Å². The molecule has 0 aromatic heterocycles. The van der Waals surface area contributed by atoms with E-state index in [1.165, 1.54) is 10.6 Å². The van der Waals surface area contributed by atoms with Gasteiger partial charge in [0.05, 0.1) is 12.4 Å². The van der Waals surface area contributed by atoms with Crippen LogP contribution in [0.5, 0.6) is 0 Å². The zero-order valence-electron chi connectivity index (χ0n) is 8.19. The Morgan fingerprint density at radius 2 is 2.23 bits per heavy atom. The van der Waals surface area contributed by atoms with Crippen LogP contribution >= 0.6 is 0 Å². The van der Waals surface area contributed by atoms with Gasteiger partial charge in [-0.05, 0) is 12.8 Å². The first-order valence-corrected chi connectivity index (χ1v) is 6.45. The van der Waals surface area contributed by atoms with E-state index in [2.05, 4.69) is 0 Å². The van der Waals surface area contributed by atoms with Crippen LogP contribution in [-0.2, 0) is 14.8 Å². The van der Waals surface area contributed by atoms with Gasteiger partial charge in [-0.3, -0.25) is 0 Å². The largest absolute Gasteiger partial charge is 0.377 e. The van der Waals surface area contributed by atoms with Crippen LogP contribution in [0.2, 0.25) is 0 Å². The standard InChI is InChI=1S/C8H17NO3S/c1-3-9(13(2,10)11)7-8-5-4-6-12-8/h8H,3-7H2,1-2H3. The van der Waals surface area contributed by atoms with Crippen LogP contribution in [0.15, 0.2) is 0 Å². The van der Waals surface area contributed by atoms with E-state index >= 15 is 0 Å². The van der Waals surface area contributed by atoms with E-state index in [0.717, 1.165) is 19.4 Å². The fraction of sp³-hybridized carbons (Fsp3) is 1.00. The van der Waals surface area contributed by atoms with Crippen molar-refractivity contribution < 1.29 is 13.2 Å². The highest BCUT2D eigenvalue weighted by Gasteiger charge is 2.22. The van der Waals surface area contributed by atoms with Gasteiger partial charge in [0.15, 0.2) is 0 Å². The third-order valence-corrected chi connectivity index (χ3v) is 3.60.